The van der Waals surface area contributed by atoms with Gasteiger partial charge in [-0.15, -0.1) is 0 Å². The Bertz CT molecular complexity index is 1590. The number of imidazole rings is 1. The number of carbonyl (C=O) groups is 1. The minimum atomic E-state index is -1.19. The highest BCUT2D eigenvalue weighted by molar-refractivity contribution is 6.03. The Hall–Kier alpha value is -4.52. The number of aryl methyl sites for hydroxylation is 2. The second kappa shape index (κ2) is 10.3. The number of ether oxygens (including phenoxy) is 1. The topological polar surface area (TPSA) is 87.3 Å². The molecule has 0 bridgehead atoms. The summed E-state index contributed by atoms with van der Waals surface area (Å²) < 4.78 is 36.4. The first kappa shape index (κ1) is 26.1. The molecule has 200 valence electrons. The van der Waals surface area contributed by atoms with Gasteiger partial charge in [0.2, 0.25) is 5.91 Å². The van der Waals surface area contributed by atoms with Crippen molar-refractivity contribution in [1.82, 2.24) is 14.5 Å². The number of amides is 1. The number of nitrogens with zero attached hydrogens (tertiary/aromatic N) is 6. The van der Waals surface area contributed by atoms with Gasteiger partial charge in [0, 0.05) is 20.2 Å². The zero-order valence-corrected chi connectivity index (χ0v) is 22.2. The zero-order valence-electron chi connectivity index (χ0n) is 22.2. The summed E-state index contributed by atoms with van der Waals surface area (Å²) in [5, 5.41) is 9.30. The number of rotatable bonds is 8. The molecule has 1 amide bonds. The molecule has 0 spiro atoms. The average Bonchev–Trinajstić information content (AvgIpc) is 3.57. The van der Waals surface area contributed by atoms with Gasteiger partial charge >= 0.3 is 0 Å². The van der Waals surface area contributed by atoms with E-state index in [2.05, 4.69) is 4.98 Å². The van der Waals surface area contributed by atoms with Gasteiger partial charge in [-0.25, -0.2) is 18.7 Å². The van der Waals surface area contributed by atoms with Crippen molar-refractivity contribution in [3.05, 3.63) is 71.3 Å². The molecule has 2 aromatic carbocycles. The first-order chi connectivity index (χ1) is 18.7. The SMILES string of the molecule is CCc1cc(C#N)cc(F)c1N(C)c1cc2c(ncn2C)c(N(Cc2ccc(OC)cc2)C(=O)[C@H]2C[C@H]2F)n1. The molecule has 1 fully saturated rings. The summed E-state index contributed by atoms with van der Waals surface area (Å²) in [6.45, 7) is 2.03. The van der Waals surface area contributed by atoms with E-state index in [9.17, 15) is 14.4 Å². The molecule has 1 saturated carbocycles. The van der Waals surface area contributed by atoms with Crippen LogP contribution in [0.1, 0.15) is 30.0 Å². The van der Waals surface area contributed by atoms with Crippen LogP contribution in [0.4, 0.5) is 26.1 Å². The summed E-state index contributed by atoms with van der Waals surface area (Å²) >= 11 is 0. The fourth-order valence-corrected chi connectivity index (χ4v) is 4.73. The van der Waals surface area contributed by atoms with Crippen LogP contribution in [-0.4, -0.2) is 40.8 Å². The van der Waals surface area contributed by atoms with E-state index in [0.717, 1.165) is 5.56 Å². The Morgan fingerprint density at radius 3 is 2.59 bits per heavy atom. The molecular weight excluding hydrogens is 502 g/mol. The van der Waals surface area contributed by atoms with Gasteiger partial charge in [-0.1, -0.05) is 19.1 Å². The smallest absolute Gasteiger partial charge is 0.234 e. The zero-order chi connectivity index (χ0) is 27.8. The Balaban J connectivity index is 1.65. The van der Waals surface area contributed by atoms with Crippen LogP contribution in [0.25, 0.3) is 11.0 Å². The summed E-state index contributed by atoms with van der Waals surface area (Å²) in [6, 6.07) is 13.9. The molecule has 0 aliphatic heterocycles. The van der Waals surface area contributed by atoms with E-state index >= 15 is 4.39 Å². The van der Waals surface area contributed by atoms with Gasteiger partial charge in [0.05, 0.1) is 48.7 Å². The van der Waals surface area contributed by atoms with Crippen LogP contribution >= 0.6 is 0 Å². The molecule has 0 radical (unpaired) electrons. The third kappa shape index (κ3) is 4.88. The second-order valence-corrected chi connectivity index (χ2v) is 9.65. The minimum Gasteiger partial charge on any atom is -0.497 e. The van der Waals surface area contributed by atoms with E-state index < -0.39 is 17.9 Å². The average molecular weight is 531 g/mol. The summed E-state index contributed by atoms with van der Waals surface area (Å²) in [5.41, 5.74) is 3.12. The van der Waals surface area contributed by atoms with Crippen molar-refractivity contribution < 1.29 is 18.3 Å². The van der Waals surface area contributed by atoms with Crippen molar-refractivity contribution in [2.24, 2.45) is 13.0 Å². The number of benzene rings is 2. The molecule has 0 unspecified atom stereocenters. The largest absolute Gasteiger partial charge is 0.497 e. The van der Waals surface area contributed by atoms with Gasteiger partial charge < -0.3 is 14.2 Å². The lowest BCUT2D eigenvalue weighted by atomic mass is 10.1. The van der Waals surface area contributed by atoms with Crippen molar-refractivity contribution in [2.45, 2.75) is 32.5 Å². The first-order valence-electron chi connectivity index (χ1n) is 12.6. The Labute approximate surface area is 225 Å². The molecule has 4 aromatic rings. The van der Waals surface area contributed by atoms with Crippen molar-refractivity contribution >= 4 is 34.3 Å². The molecule has 39 heavy (non-hydrogen) atoms. The molecular formula is C29H28F2N6O2. The summed E-state index contributed by atoms with van der Waals surface area (Å²) in [7, 11) is 5.08. The van der Waals surface area contributed by atoms with Crippen molar-refractivity contribution in [3.8, 4) is 11.8 Å². The molecule has 2 heterocycles. The predicted molar refractivity (Wildman–Crippen MR) is 144 cm³/mol. The highest BCUT2D eigenvalue weighted by Crippen LogP contribution is 2.39. The number of nitriles is 1. The van der Waals surface area contributed by atoms with Gasteiger partial charge in [-0.05, 0) is 48.2 Å². The van der Waals surface area contributed by atoms with Crippen LogP contribution in [0.3, 0.4) is 0 Å². The van der Waals surface area contributed by atoms with Gasteiger partial charge in [-0.3, -0.25) is 9.69 Å². The predicted octanol–water partition coefficient (Wildman–Crippen LogP) is 5.21. The Morgan fingerprint density at radius 2 is 1.97 bits per heavy atom. The molecule has 5 rings (SSSR count). The Morgan fingerprint density at radius 1 is 1.26 bits per heavy atom. The summed E-state index contributed by atoms with van der Waals surface area (Å²) in [5.74, 6) is -0.357. The molecule has 1 aliphatic carbocycles. The highest BCUT2D eigenvalue weighted by Gasteiger charge is 2.46. The van der Waals surface area contributed by atoms with Gasteiger partial charge in [0.15, 0.2) is 5.82 Å². The van der Waals surface area contributed by atoms with E-state index in [1.807, 2.05) is 32.2 Å². The number of fused-ring (bicyclic) bond motifs is 1. The number of anilines is 3. The lowest BCUT2D eigenvalue weighted by molar-refractivity contribution is -0.120. The standard InChI is InChI=1S/C29H28F2N6O2/c1-5-19-10-18(14-32)11-23(31)27(19)36(3)25-13-24-26(33-16-35(24)2)28(34-25)37(29(38)21-12-22(21)30)15-17-6-8-20(39-4)9-7-17/h6-11,13,16,21-22H,5,12,15H2,1-4H3/t21-,22+/m0/s1. The van der Waals surface area contributed by atoms with Crippen LogP contribution in [0.2, 0.25) is 0 Å². The lowest BCUT2D eigenvalue weighted by Gasteiger charge is -2.26. The maximum Gasteiger partial charge on any atom is 0.234 e. The van der Waals surface area contributed by atoms with Crippen LogP contribution in [0.15, 0.2) is 48.8 Å². The molecule has 10 heteroatoms. The van der Waals surface area contributed by atoms with E-state index in [1.54, 1.807) is 54.2 Å². The van der Waals surface area contributed by atoms with Crippen molar-refractivity contribution in [1.29, 1.82) is 5.26 Å². The van der Waals surface area contributed by atoms with Gasteiger partial charge in [0.25, 0.3) is 0 Å². The fourth-order valence-electron chi connectivity index (χ4n) is 4.73. The number of methoxy groups -OCH3 is 1. The minimum absolute atomic E-state index is 0.142. The number of carbonyl (C=O) groups excluding carboxylic acids is 1. The monoisotopic (exact) mass is 530 g/mol. The highest BCUT2D eigenvalue weighted by atomic mass is 19.1. The molecule has 0 saturated heterocycles. The Kier molecular flexibility index (Phi) is 6.91. The lowest BCUT2D eigenvalue weighted by Crippen LogP contribution is -2.33. The van der Waals surface area contributed by atoms with E-state index in [1.165, 1.54) is 11.0 Å². The number of alkyl halides is 1. The van der Waals surface area contributed by atoms with Crippen molar-refractivity contribution in [3.63, 3.8) is 0 Å². The van der Waals surface area contributed by atoms with Crippen LogP contribution in [-0.2, 0) is 24.8 Å². The summed E-state index contributed by atoms with van der Waals surface area (Å²) in [4.78, 5) is 25.9. The summed E-state index contributed by atoms with van der Waals surface area (Å²) in [6.07, 6.45) is 1.08. The second-order valence-electron chi connectivity index (χ2n) is 9.65. The maximum atomic E-state index is 15.3. The number of hydrogen-bond donors (Lipinski definition) is 0. The number of hydrogen-bond acceptors (Lipinski definition) is 6. The van der Waals surface area contributed by atoms with Crippen LogP contribution < -0.4 is 14.5 Å². The van der Waals surface area contributed by atoms with Crippen LogP contribution in [0, 0.1) is 23.1 Å². The number of halogens is 2. The molecule has 0 N–H and O–H groups in total. The van der Waals surface area contributed by atoms with Crippen molar-refractivity contribution in [2.75, 3.05) is 24.0 Å². The van der Waals surface area contributed by atoms with E-state index in [4.69, 9.17) is 9.72 Å². The molecule has 2 atom stereocenters. The molecule has 8 nitrogen and oxygen atoms in total. The quantitative estimate of drug-likeness (QED) is 0.311. The van der Waals surface area contributed by atoms with Gasteiger partial charge in [-0.2, -0.15) is 5.26 Å². The fraction of sp³-hybridized carbons (Fsp3) is 0.310. The molecule has 1 aliphatic rings. The number of pyridine rings is 1. The first-order valence-corrected chi connectivity index (χ1v) is 12.6. The third-order valence-corrected chi connectivity index (χ3v) is 7.06. The van der Waals surface area contributed by atoms with E-state index in [0.29, 0.717) is 34.6 Å². The normalized spacial score (nSPS) is 16.1. The third-order valence-electron chi connectivity index (χ3n) is 7.06. The number of aromatic nitrogens is 3. The van der Waals surface area contributed by atoms with Gasteiger partial charge in [0.1, 0.15) is 29.1 Å². The molecule has 2 aromatic heterocycles. The van der Waals surface area contributed by atoms with E-state index in [-0.39, 0.29) is 35.9 Å². The maximum absolute atomic E-state index is 15.3. The van der Waals surface area contributed by atoms with Crippen LogP contribution in [0.5, 0.6) is 5.75 Å².